The van der Waals surface area contributed by atoms with Crippen LogP contribution < -0.4 is 10.6 Å². The molecule has 1 saturated heterocycles. The van der Waals surface area contributed by atoms with Crippen LogP contribution in [-0.4, -0.2) is 71.2 Å². The van der Waals surface area contributed by atoms with Crippen LogP contribution in [0.15, 0.2) is 35.3 Å². The molecule has 1 aliphatic rings. The van der Waals surface area contributed by atoms with E-state index in [2.05, 4.69) is 57.9 Å². The molecule has 0 aliphatic carbocycles. The van der Waals surface area contributed by atoms with E-state index in [0.29, 0.717) is 18.5 Å². The van der Waals surface area contributed by atoms with E-state index in [-0.39, 0.29) is 12.5 Å². The topological polar surface area (TPSA) is 77.8 Å². The third kappa shape index (κ3) is 6.56. The van der Waals surface area contributed by atoms with Crippen molar-refractivity contribution < 1.29 is 4.79 Å². The van der Waals surface area contributed by atoms with Gasteiger partial charge in [-0.1, -0.05) is 30.3 Å². The van der Waals surface area contributed by atoms with Gasteiger partial charge in [-0.15, -0.1) is 0 Å². The molecular weight excluding hydrogens is 402 g/mol. The van der Waals surface area contributed by atoms with Gasteiger partial charge >= 0.3 is 0 Å². The summed E-state index contributed by atoms with van der Waals surface area (Å²) in [5.41, 5.74) is 4.59. The van der Waals surface area contributed by atoms with E-state index in [1.807, 2.05) is 18.7 Å². The summed E-state index contributed by atoms with van der Waals surface area (Å²) in [6.07, 6.45) is 2.08. The molecule has 1 fully saturated rings. The molecule has 1 aromatic carbocycles. The number of likely N-dealkylation sites (N-methyl/N-ethyl adjacent to an activating group) is 1. The average molecular weight is 440 g/mol. The molecular formula is C24H37N7O. The predicted molar refractivity (Wildman–Crippen MR) is 128 cm³/mol. The molecule has 0 radical (unpaired) electrons. The minimum Gasteiger partial charge on any atom is -0.354 e. The summed E-state index contributed by atoms with van der Waals surface area (Å²) in [5, 5.41) is 11.3. The second-order valence-corrected chi connectivity index (χ2v) is 8.76. The third-order valence-electron chi connectivity index (χ3n) is 6.14. The van der Waals surface area contributed by atoms with Gasteiger partial charge < -0.3 is 15.5 Å². The second-order valence-electron chi connectivity index (χ2n) is 8.76. The molecule has 0 unspecified atom stereocenters. The summed E-state index contributed by atoms with van der Waals surface area (Å²) in [4.78, 5) is 21.0. The molecule has 2 aromatic rings. The highest BCUT2D eigenvalue weighted by atomic mass is 16.2. The highest BCUT2D eigenvalue weighted by molar-refractivity contribution is 5.86. The van der Waals surface area contributed by atoms with Crippen molar-refractivity contribution >= 4 is 11.9 Å². The van der Waals surface area contributed by atoms with Crippen molar-refractivity contribution in [3.8, 4) is 0 Å². The number of hydrogen-bond donors (Lipinski definition) is 2. The van der Waals surface area contributed by atoms with Crippen LogP contribution in [0.4, 0.5) is 0 Å². The summed E-state index contributed by atoms with van der Waals surface area (Å²) >= 11 is 0. The molecule has 1 aromatic heterocycles. The Labute approximate surface area is 191 Å². The number of carbonyl (C=O) groups is 1. The number of nitrogens with zero attached hydrogens (tertiary/aromatic N) is 5. The van der Waals surface area contributed by atoms with Gasteiger partial charge in [-0.25, -0.2) is 4.99 Å². The van der Waals surface area contributed by atoms with Gasteiger partial charge in [-0.3, -0.25) is 14.4 Å². The Morgan fingerprint density at radius 1 is 1.19 bits per heavy atom. The number of amides is 1. The van der Waals surface area contributed by atoms with Crippen LogP contribution in [0.25, 0.3) is 0 Å². The lowest BCUT2D eigenvalue weighted by Crippen LogP contribution is -2.50. The van der Waals surface area contributed by atoms with Crippen LogP contribution >= 0.6 is 0 Å². The lowest BCUT2D eigenvalue weighted by atomic mass is 10.0. The van der Waals surface area contributed by atoms with Crippen LogP contribution in [0.3, 0.4) is 0 Å². The summed E-state index contributed by atoms with van der Waals surface area (Å²) in [6, 6.07) is 11.0. The van der Waals surface area contributed by atoms with E-state index < -0.39 is 0 Å². The fraction of sp³-hybridized carbons (Fsp3) is 0.542. The van der Waals surface area contributed by atoms with Crippen molar-refractivity contribution in [2.45, 2.75) is 45.8 Å². The Hall–Kier alpha value is -2.87. The molecule has 8 nitrogen and oxygen atoms in total. The van der Waals surface area contributed by atoms with Gasteiger partial charge in [-0.05, 0) is 32.3 Å². The molecule has 8 heteroatoms. The lowest BCUT2D eigenvalue weighted by Gasteiger charge is -2.33. The van der Waals surface area contributed by atoms with E-state index in [0.717, 1.165) is 49.4 Å². The molecule has 1 aliphatic heterocycles. The first-order valence-corrected chi connectivity index (χ1v) is 11.3. The summed E-state index contributed by atoms with van der Waals surface area (Å²) in [7, 11) is 5.48. The zero-order valence-electron chi connectivity index (χ0n) is 20.1. The Bertz CT molecular complexity index is 912. The second kappa shape index (κ2) is 11.1. The van der Waals surface area contributed by atoms with Crippen molar-refractivity contribution in [1.82, 2.24) is 30.2 Å². The molecule has 32 heavy (non-hydrogen) atoms. The molecule has 0 saturated carbocycles. The Morgan fingerprint density at radius 2 is 1.88 bits per heavy atom. The van der Waals surface area contributed by atoms with Gasteiger partial charge in [0.25, 0.3) is 0 Å². The number of piperidine rings is 1. The Morgan fingerprint density at radius 3 is 2.47 bits per heavy atom. The maximum Gasteiger partial charge on any atom is 0.241 e. The number of nitrogens with one attached hydrogen (secondary N) is 2. The zero-order valence-corrected chi connectivity index (χ0v) is 20.1. The molecule has 0 atom stereocenters. The van der Waals surface area contributed by atoms with E-state index in [4.69, 9.17) is 4.99 Å². The van der Waals surface area contributed by atoms with Crippen molar-refractivity contribution in [3.63, 3.8) is 0 Å². The predicted octanol–water partition coefficient (Wildman–Crippen LogP) is 1.82. The highest BCUT2D eigenvalue weighted by Crippen LogP contribution is 2.15. The highest BCUT2D eigenvalue weighted by Gasteiger charge is 2.21. The number of carbonyl (C=O) groups excluding carboxylic acids is 1. The van der Waals surface area contributed by atoms with Crippen molar-refractivity contribution in [2.24, 2.45) is 12.0 Å². The minimum atomic E-state index is 0.0194. The van der Waals surface area contributed by atoms with E-state index in [1.54, 1.807) is 19.0 Å². The van der Waals surface area contributed by atoms with Crippen LogP contribution in [0, 0.1) is 13.8 Å². The van der Waals surface area contributed by atoms with Crippen LogP contribution in [-0.2, 0) is 24.9 Å². The number of guanidine groups is 1. The van der Waals surface area contributed by atoms with Gasteiger partial charge in [-0.2, -0.15) is 5.10 Å². The molecule has 2 heterocycles. The number of hydrogen-bond acceptors (Lipinski definition) is 4. The summed E-state index contributed by atoms with van der Waals surface area (Å²) in [5.74, 6) is 0.704. The van der Waals surface area contributed by atoms with Crippen LogP contribution in [0.1, 0.15) is 35.4 Å². The van der Waals surface area contributed by atoms with Crippen molar-refractivity contribution in [2.75, 3.05) is 33.7 Å². The maximum absolute atomic E-state index is 12.1. The quantitative estimate of drug-likeness (QED) is 0.508. The molecule has 0 spiro atoms. The standard InChI is InChI=1S/C24H37N7O/c1-18-22(19(2)30(5)28-18)15-25-24(26-16-23(32)29(3)4)27-21-11-13-31(14-12-21)17-20-9-7-6-8-10-20/h6-10,21H,11-17H2,1-5H3,(H2,25,26,27). The van der Waals surface area contributed by atoms with Gasteiger partial charge in [0.15, 0.2) is 5.96 Å². The molecule has 3 rings (SSSR count). The summed E-state index contributed by atoms with van der Waals surface area (Å²) < 4.78 is 1.89. The number of benzene rings is 1. The minimum absolute atomic E-state index is 0.0194. The number of rotatable bonds is 7. The lowest BCUT2D eigenvalue weighted by molar-refractivity contribution is -0.127. The first-order valence-electron chi connectivity index (χ1n) is 11.3. The molecule has 174 valence electrons. The van der Waals surface area contributed by atoms with Crippen LogP contribution in [0.2, 0.25) is 0 Å². The number of aliphatic imine (C=N–C) groups is 1. The van der Waals surface area contributed by atoms with Crippen LogP contribution in [0.5, 0.6) is 0 Å². The van der Waals surface area contributed by atoms with Crippen molar-refractivity contribution in [3.05, 3.63) is 52.8 Å². The average Bonchev–Trinajstić information content (AvgIpc) is 3.02. The number of aryl methyl sites for hydroxylation is 2. The SMILES string of the molecule is Cc1nn(C)c(C)c1CN=C(NCC(=O)N(C)C)NC1CCN(Cc2ccccc2)CC1. The first-order chi connectivity index (χ1) is 15.3. The molecule has 1 amide bonds. The molecule has 0 bridgehead atoms. The Kier molecular flexibility index (Phi) is 8.27. The normalized spacial score (nSPS) is 15.6. The van der Waals surface area contributed by atoms with Gasteiger partial charge in [0.05, 0.1) is 18.8 Å². The Balaban J connectivity index is 1.60. The van der Waals surface area contributed by atoms with E-state index >= 15 is 0 Å². The van der Waals surface area contributed by atoms with Gasteiger partial charge in [0.2, 0.25) is 5.91 Å². The monoisotopic (exact) mass is 439 g/mol. The van der Waals surface area contributed by atoms with Crippen molar-refractivity contribution in [1.29, 1.82) is 0 Å². The molecule has 2 N–H and O–H groups in total. The van der Waals surface area contributed by atoms with Gasteiger partial charge in [0.1, 0.15) is 0 Å². The first kappa shape index (κ1) is 23.8. The summed E-state index contributed by atoms with van der Waals surface area (Å²) in [6.45, 7) is 7.89. The maximum atomic E-state index is 12.1. The number of aromatic nitrogens is 2. The van der Waals surface area contributed by atoms with E-state index in [1.165, 1.54) is 5.56 Å². The zero-order chi connectivity index (χ0) is 23.1. The fourth-order valence-electron chi connectivity index (χ4n) is 3.94. The van der Waals surface area contributed by atoms with Gasteiger partial charge in [0, 0.05) is 58.1 Å². The largest absolute Gasteiger partial charge is 0.354 e. The smallest absolute Gasteiger partial charge is 0.241 e. The fourth-order valence-corrected chi connectivity index (χ4v) is 3.94. The number of likely N-dealkylation sites (tertiary alicyclic amines) is 1. The third-order valence-corrected chi connectivity index (χ3v) is 6.14. The van der Waals surface area contributed by atoms with E-state index in [9.17, 15) is 4.79 Å².